The van der Waals surface area contributed by atoms with Gasteiger partial charge < -0.3 is 15.0 Å². The van der Waals surface area contributed by atoms with Crippen molar-refractivity contribution >= 4 is 15.7 Å². The molecule has 21 heavy (non-hydrogen) atoms. The molecular weight excluding hydrogens is 296 g/mol. The van der Waals surface area contributed by atoms with Crippen LogP contribution in [0.2, 0.25) is 0 Å². The molecule has 0 fully saturated rings. The average Bonchev–Trinajstić information content (AvgIpc) is 2.85. The topological polar surface area (TPSA) is 120 Å². The number of anilines is 1. The van der Waals surface area contributed by atoms with Gasteiger partial charge >= 0.3 is 0 Å². The van der Waals surface area contributed by atoms with Crippen LogP contribution in [0.1, 0.15) is 18.6 Å². The molecule has 0 saturated carbocycles. The van der Waals surface area contributed by atoms with Crippen molar-refractivity contribution in [1.82, 2.24) is 14.9 Å². The second-order valence-electron chi connectivity index (χ2n) is 4.19. The number of ether oxygens (including phenoxy) is 1. The van der Waals surface area contributed by atoms with Crippen molar-refractivity contribution in [3.05, 3.63) is 29.9 Å². The number of hydrogen-bond donors (Lipinski definition) is 2. The monoisotopic (exact) mass is 312 g/mol. The Morgan fingerprint density at radius 1 is 1.43 bits per heavy atom. The molecule has 1 heterocycles. The van der Waals surface area contributed by atoms with E-state index in [9.17, 15) is 8.42 Å². The lowest BCUT2D eigenvalue weighted by Crippen LogP contribution is -2.24. The van der Waals surface area contributed by atoms with E-state index in [2.05, 4.69) is 14.9 Å². The molecule has 3 N–H and O–H groups in total. The van der Waals surface area contributed by atoms with Crippen molar-refractivity contribution in [1.29, 1.82) is 0 Å². The number of nitrogen functional groups attached to an aromatic ring is 1. The van der Waals surface area contributed by atoms with Gasteiger partial charge in [0.25, 0.3) is 0 Å². The van der Waals surface area contributed by atoms with Gasteiger partial charge in [0.1, 0.15) is 10.6 Å². The second-order valence-corrected chi connectivity index (χ2v) is 5.93. The first-order valence-electron chi connectivity index (χ1n) is 6.23. The number of benzene rings is 1. The van der Waals surface area contributed by atoms with Gasteiger partial charge in [-0.05, 0) is 25.1 Å². The van der Waals surface area contributed by atoms with Crippen molar-refractivity contribution in [2.24, 2.45) is 0 Å². The zero-order chi connectivity index (χ0) is 15.5. The van der Waals surface area contributed by atoms with Crippen LogP contribution in [0.5, 0.6) is 5.75 Å². The maximum Gasteiger partial charge on any atom is 0.244 e. The lowest BCUT2D eigenvalue weighted by Gasteiger charge is -2.11. The zero-order valence-corrected chi connectivity index (χ0v) is 12.5. The Labute approximate surface area is 122 Å². The Balaban J connectivity index is 2.24. The zero-order valence-electron chi connectivity index (χ0n) is 11.7. The van der Waals surface area contributed by atoms with E-state index in [1.54, 1.807) is 19.9 Å². The summed E-state index contributed by atoms with van der Waals surface area (Å²) in [5.41, 5.74) is 5.97. The van der Waals surface area contributed by atoms with Gasteiger partial charge in [-0.15, -0.1) is 0 Å². The molecule has 0 unspecified atom stereocenters. The predicted octanol–water partition coefficient (Wildman–Crippen LogP) is 0.837. The highest BCUT2D eigenvalue weighted by atomic mass is 32.2. The number of aryl methyl sites for hydroxylation is 1. The molecule has 0 bridgehead atoms. The number of rotatable bonds is 6. The predicted molar refractivity (Wildman–Crippen MR) is 75.1 cm³/mol. The van der Waals surface area contributed by atoms with Crippen LogP contribution < -0.4 is 15.2 Å². The Morgan fingerprint density at radius 2 is 2.19 bits per heavy atom. The summed E-state index contributed by atoms with van der Waals surface area (Å²) in [5, 5.41) is 3.62. The maximum atomic E-state index is 12.3. The van der Waals surface area contributed by atoms with Gasteiger partial charge in [0, 0.05) is 12.6 Å². The number of nitrogens with zero attached hydrogens (tertiary/aromatic N) is 2. The summed E-state index contributed by atoms with van der Waals surface area (Å²) in [5.74, 6) is 0.851. The SMILES string of the molecule is CCOc1ccc(N)cc1S(=O)(=O)NCc1noc(C)n1. The third kappa shape index (κ3) is 3.70. The molecule has 2 rings (SSSR count). The van der Waals surface area contributed by atoms with E-state index in [-0.39, 0.29) is 23.0 Å². The van der Waals surface area contributed by atoms with Crippen molar-refractivity contribution in [2.75, 3.05) is 12.3 Å². The minimum absolute atomic E-state index is 0.0235. The Hall–Kier alpha value is -2.13. The van der Waals surface area contributed by atoms with Gasteiger partial charge in [0.15, 0.2) is 5.82 Å². The summed E-state index contributed by atoms with van der Waals surface area (Å²) in [6.45, 7) is 3.65. The molecule has 0 spiro atoms. The highest BCUT2D eigenvalue weighted by Crippen LogP contribution is 2.26. The highest BCUT2D eigenvalue weighted by molar-refractivity contribution is 7.89. The van der Waals surface area contributed by atoms with Gasteiger partial charge in [-0.25, -0.2) is 13.1 Å². The van der Waals surface area contributed by atoms with Gasteiger partial charge in [-0.3, -0.25) is 0 Å². The van der Waals surface area contributed by atoms with Crippen LogP contribution >= 0.6 is 0 Å². The smallest absolute Gasteiger partial charge is 0.244 e. The number of hydrogen-bond acceptors (Lipinski definition) is 7. The molecule has 8 nitrogen and oxygen atoms in total. The first kappa shape index (κ1) is 15.3. The maximum absolute atomic E-state index is 12.3. The van der Waals surface area contributed by atoms with Crippen molar-refractivity contribution in [3.63, 3.8) is 0 Å². The lowest BCUT2D eigenvalue weighted by molar-refractivity contribution is 0.331. The average molecular weight is 312 g/mol. The second kappa shape index (κ2) is 6.10. The van der Waals surface area contributed by atoms with Crippen LogP contribution in [-0.2, 0) is 16.6 Å². The summed E-state index contributed by atoms with van der Waals surface area (Å²) < 4.78 is 37.1. The summed E-state index contributed by atoms with van der Waals surface area (Å²) in [7, 11) is -3.80. The van der Waals surface area contributed by atoms with Gasteiger partial charge in [0.05, 0.1) is 13.2 Å². The molecular formula is C12H16N4O4S. The van der Waals surface area contributed by atoms with E-state index in [0.717, 1.165) is 0 Å². The molecule has 0 amide bonds. The third-order valence-corrected chi connectivity index (χ3v) is 3.97. The molecule has 0 saturated heterocycles. The van der Waals surface area contributed by atoms with E-state index >= 15 is 0 Å². The highest BCUT2D eigenvalue weighted by Gasteiger charge is 2.20. The minimum atomic E-state index is -3.80. The number of nitrogens with two attached hydrogens (primary N) is 1. The van der Waals surface area contributed by atoms with E-state index in [1.165, 1.54) is 12.1 Å². The standard InChI is InChI=1S/C12H16N4O4S/c1-3-19-10-5-4-9(13)6-11(10)21(17,18)14-7-12-15-8(2)20-16-12/h4-6,14H,3,7,13H2,1-2H3. The summed E-state index contributed by atoms with van der Waals surface area (Å²) in [4.78, 5) is 3.90. The van der Waals surface area contributed by atoms with Gasteiger partial charge in [-0.2, -0.15) is 4.98 Å². The third-order valence-electron chi connectivity index (χ3n) is 2.55. The van der Waals surface area contributed by atoms with Crippen molar-refractivity contribution in [2.45, 2.75) is 25.3 Å². The quantitative estimate of drug-likeness (QED) is 0.758. The Kier molecular flexibility index (Phi) is 4.43. The van der Waals surface area contributed by atoms with Crippen LogP contribution in [-0.4, -0.2) is 25.2 Å². The first-order chi connectivity index (χ1) is 9.92. The summed E-state index contributed by atoms with van der Waals surface area (Å²) in [6, 6.07) is 4.44. The van der Waals surface area contributed by atoms with Crippen LogP contribution in [0.4, 0.5) is 5.69 Å². The van der Waals surface area contributed by atoms with Crippen molar-refractivity contribution in [3.8, 4) is 5.75 Å². The van der Waals surface area contributed by atoms with Crippen LogP contribution in [0.3, 0.4) is 0 Å². The lowest BCUT2D eigenvalue weighted by atomic mass is 10.3. The molecule has 0 aliphatic carbocycles. The van der Waals surface area contributed by atoms with Crippen LogP contribution in [0.15, 0.2) is 27.6 Å². The largest absolute Gasteiger partial charge is 0.492 e. The van der Waals surface area contributed by atoms with E-state index in [1.807, 2.05) is 0 Å². The minimum Gasteiger partial charge on any atom is -0.492 e. The van der Waals surface area contributed by atoms with E-state index in [4.69, 9.17) is 15.0 Å². The fraction of sp³-hybridized carbons (Fsp3) is 0.333. The molecule has 1 aromatic carbocycles. The number of nitrogens with one attached hydrogen (secondary N) is 1. The molecule has 0 aliphatic rings. The molecule has 1 aromatic heterocycles. The molecule has 9 heteroatoms. The Morgan fingerprint density at radius 3 is 2.81 bits per heavy atom. The normalized spacial score (nSPS) is 11.5. The van der Waals surface area contributed by atoms with E-state index in [0.29, 0.717) is 18.2 Å². The van der Waals surface area contributed by atoms with Gasteiger partial charge in [-0.1, -0.05) is 5.16 Å². The summed E-state index contributed by atoms with van der Waals surface area (Å²) >= 11 is 0. The molecule has 0 aliphatic heterocycles. The van der Waals surface area contributed by atoms with Crippen molar-refractivity contribution < 1.29 is 17.7 Å². The molecule has 2 aromatic rings. The Bertz CT molecular complexity index is 727. The van der Waals surface area contributed by atoms with Crippen LogP contribution in [0.25, 0.3) is 0 Å². The fourth-order valence-electron chi connectivity index (χ4n) is 1.66. The van der Waals surface area contributed by atoms with E-state index < -0.39 is 10.0 Å². The number of sulfonamides is 1. The number of aromatic nitrogens is 2. The summed E-state index contributed by atoms with van der Waals surface area (Å²) in [6.07, 6.45) is 0. The molecule has 114 valence electrons. The van der Waals surface area contributed by atoms with Gasteiger partial charge in [0.2, 0.25) is 15.9 Å². The fourth-order valence-corrected chi connectivity index (χ4v) is 2.82. The molecule has 0 atom stereocenters. The van der Waals surface area contributed by atoms with Crippen LogP contribution in [0, 0.1) is 6.92 Å². The first-order valence-corrected chi connectivity index (χ1v) is 7.72. The molecule has 0 radical (unpaired) electrons.